The maximum absolute atomic E-state index is 12.7. The highest BCUT2D eigenvalue weighted by molar-refractivity contribution is 6.31. The van der Waals surface area contributed by atoms with Gasteiger partial charge in [0.25, 0.3) is 0 Å². The number of carbonyl (C=O) groups excluding carboxylic acids is 1. The normalized spacial score (nSPS) is 32.3. The molecule has 0 radical (unpaired) electrons. The van der Waals surface area contributed by atoms with E-state index in [-0.39, 0.29) is 30.3 Å². The highest BCUT2D eigenvalue weighted by atomic mass is 35.5. The van der Waals surface area contributed by atoms with Crippen LogP contribution < -0.4 is 5.32 Å². The summed E-state index contributed by atoms with van der Waals surface area (Å²) in [4.78, 5) is 12.7. The molecule has 94 valence electrons. The standard InChI is InChI=1S/C13H16ClNO.ClH/c1-15-13(9-5-4-8-12(13)16)10-6-2-3-7-11(10)14;/h2-3,6-7,15H,4-5,8-9H2,1H3;1H/i1D3,8D2;. The molecule has 0 saturated heterocycles. The summed E-state index contributed by atoms with van der Waals surface area (Å²) in [5, 5.41) is 2.61. The lowest BCUT2D eigenvalue weighted by Gasteiger charge is -2.36. The monoisotopic (exact) mass is 278 g/mol. The van der Waals surface area contributed by atoms with Gasteiger partial charge < -0.3 is 5.32 Å². The average molecular weight is 279 g/mol. The number of benzene rings is 1. The molecule has 0 aromatic heterocycles. The van der Waals surface area contributed by atoms with E-state index >= 15 is 0 Å². The molecule has 1 atom stereocenters. The van der Waals surface area contributed by atoms with E-state index in [4.69, 9.17) is 18.5 Å². The third-order valence-corrected chi connectivity index (χ3v) is 3.28. The molecule has 0 heterocycles. The molecule has 2 nitrogen and oxygen atoms in total. The minimum absolute atomic E-state index is 0. The molecule has 2 rings (SSSR count). The van der Waals surface area contributed by atoms with Gasteiger partial charge in [0.1, 0.15) is 5.54 Å². The first-order chi connectivity index (χ1) is 9.58. The molecule has 1 aliphatic rings. The van der Waals surface area contributed by atoms with Crippen LogP contribution >= 0.6 is 24.0 Å². The Labute approximate surface area is 120 Å². The molecular formula is C13H17Cl2NO. The number of hydrogen-bond acceptors (Lipinski definition) is 2. The van der Waals surface area contributed by atoms with Gasteiger partial charge in [0, 0.05) is 18.2 Å². The van der Waals surface area contributed by atoms with Crippen molar-refractivity contribution < 1.29 is 11.6 Å². The predicted octanol–water partition coefficient (Wildman–Crippen LogP) is 3.32. The van der Waals surface area contributed by atoms with Gasteiger partial charge in [0.2, 0.25) is 0 Å². The fourth-order valence-electron chi connectivity index (χ4n) is 2.07. The zero-order valence-corrected chi connectivity index (χ0v) is 10.7. The number of nitrogens with one attached hydrogen (secondary N) is 1. The second-order valence-corrected chi connectivity index (χ2v) is 4.28. The highest BCUT2D eigenvalue weighted by Gasteiger charge is 2.40. The van der Waals surface area contributed by atoms with Gasteiger partial charge in [-0.1, -0.05) is 36.2 Å². The molecule has 0 bridgehead atoms. The first-order valence-corrected chi connectivity index (χ1v) is 5.56. The van der Waals surface area contributed by atoms with Gasteiger partial charge in [-0.2, -0.15) is 0 Å². The van der Waals surface area contributed by atoms with E-state index in [9.17, 15) is 4.79 Å². The molecule has 1 N–H and O–H groups in total. The molecule has 0 aliphatic heterocycles. The largest absolute Gasteiger partial charge is 0.304 e. The lowest BCUT2D eigenvalue weighted by molar-refractivity contribution is -0.127. The first kappa shape index (κ1) is 8.52. The van der Waals surface area contributed by atoms with Gasteiger partial charge in [-0.15, -0.1) is 12.4 Å². The summed E-state index contributed by atoms with van der Waals surface area (Å²) < 4.78 is 38.0. The summed E-state index contributed by atoms with van der Waals surface area (Å²) in [7, 11) is 0. The van der Waals surface area contributed by atoms with Crippen LogP contribution in [0.3, 0.4) is 0 Å². The van der Waals surface area contributed by atoms with Crippen LogP contribution in [0.1, 0.15) is 38.1 Å². The smallest absolute Gasteiger partial charge is 0.157 e. The lowest BCUT2D eigenvalue weighted by Crippen LogP contribution is -2.49. The summed E-state index contributed by atoms with van der Waals surface area (Å²) in [6, 6.07) is 6.47. The van der Waals surface area contributed by atoms with Crippen LogP contribution in [0.5, 0.6) is 0 Å². The molecule has 1 aliphatic carbocycles. The second kappa shape index (κ2) is 5.85. The molecule has 1 saturated carbocycles. The molecule has 0 spiro atoms. The van der Waals surface area contributed by atoms with Gasteiger partial charge >= 0.3 is 0 Å². The maximum Gasteiger partial charge on any atom is 0.157 e. The van der Waals surface area contributed by atoms with Crippen molar-refractivity contribution in [3.63, 3.8) is 0 Å². The van der Waals surface area contributed by atoms with Crippen molar-refractivity contribution in [3.8, 4) is 0 Å². The molecule has 1 aromatic carbocycles. The zero-order chi connectivity index (χ0) is 15.9. The molecule has 1 unspecified atom stereocenters. The Balaban J connectivity index is 0.00000242. The van der Waals surface area contributed by atoms with E-state index in [0.29, 0.717) is 12.0 Å². The van der Waals surface area contributed by atoms with Gasteiger partial charge in [-0.05, 0) is 31.4 Å². The van der Waals surface area contributed by atoms with Crippen molar-refractivity contribution >= 4 is 29.8 Å². The van der Waals surface area contributed by atoms with Crippen LogP contribution in [-0.4, -0.2) is 12.8 Å². The van der Waals surface area contributed by atoms with Gasteiger partial charge in [-0.3, -0.25) is 4.79 Å². The first-order valence-electron chi connectivity index (χ1n) is 7.68. The summed E-state index contributed by atoms with van der Waals surface area (Å²) in [5.41, 5.74) is -1.30. The SMILES string of the molecule is Cl.[2H]C([2H])([2H])NC1(c2ccccc2Cl)CCCC([2H])([2H])C1=O. The molecular weight excluding hydrogens is 257 g/mol. The zero-order valence-electron chi connectivity index (χ0n) is 14.1. The number of rotatable bonds is 2. The molecule has 1 aromatic rings. The van der Waals surface area contributed by atoms with Crippen molar-refractivity contribution in [2.75, 3.05) is 6.98 Å². The van der Waals surface area contributed by atoms with Crippen molar-refractivity contribution in [1.82, 2.24) is 5.32 Å². The third kappa shape index (κ3) is 2.49. The number of hydrogen-bond donors (Lipinski definition) is 1. The number of carbonyl (C=O) groups is 1. The Kier molecular flexibility index (Phi) is 2.93. The second-order valence-electron chi connectivity index (χ2n) is 3.87. The van der Waals surface area contributed by atoms with Gasteiger partial charge in [0.15, 0.2) is 5.78 Å². The van der Waals surface area contributed by atoms with Crippen molar-refractivity contribution in [2.24, 2.45) is 0 Å². The van der Waals surface area contributed by atoms with Crippen LogP contribution in [0.2, 0.25) is 5.02 Å². The van der Waals surface area contributed by atoms with Crippen LogP contribution in [0.25, 0.3) is 0 Å². The number of Topliss-reactive ketones (excluding diaryl/α,β-unsaturated/α-hetero) is 1. The lowest BCUT2D eigenvalue weighted by atomic mass is 9.75. The van der Waals surface area contributed by atoms with Crippen molar-refractivity contribution in [3.05, 3.63) is 34.9 Å². The van der Waals surface area contributed by atoms with Crippen LogP contribution in [0.4, 0.5) is 0 Å². The van der Waals surface area contributed by atoms with Crippen LogP contribution in [-0.2, 0) is 10.3 Å². The third-order valence-electron chi connectivity index (χ3n) is 2.95. The van der Waals surface area contributed by atoms with Gasteiger partial charge in [-0.25, -0.2) is 0 Å². The van der Waals surface area contributed by atoms with Crippen LogP contribution in [0.15, 0.2) is 24.3 Å². The van der Waals surface area contributed by atoms with Crippen molar-refractivity contribution in [2.45, 2.75) is 31.2 Å². The number of likely N-dealkylation sites (N-methyl/N-ethyl adjacent to an activating group) is 1. The fraction of sp³-hybridized carbons (Fsp3) is 0.462. The molecule has 1 fully saturated rings. The number of ketones is 1. The minimum Gasteiger partial charge on any atom is -0.304 e. The van der Waals surface area contributed by atoms with Crippen LogP contribution in [0, 0.1) is 0 Å². The fourth-order valence-corrected chi connectivity index (χ4v) is 2.37. The van der Waals surface area contributed by atoms with E-state index < -0.39 is 24.7 Å². The van der Waals surface area contributed by atoms with E-state index in [0.717, 1.165) is 0 Å². The predicted molar refractivity (Wildman–Crippen MR) is 72.9 cm³/mol. The Hall–Kier alpha value is -0.570. The Morgan fingerprint density at radius 2 is 2.24 bits per heavy atom. The van der Waals surface area contributed by atoms with E-state index in [1.807, 2.05) is 0 Å². The molecule has 17 heavy (non-hydrogen) atoms. The topological polar surface area (TPSA) is 29.1 Å². The quantitative estimate of drug-likeness (QED) is 0.899. The minimum atomic E-state index is -2.58. The Bertz CT molecular complexity index is 564. The Morgan fingerprint density at radius 1 is 1.47 bits per heavy atom. The Morgan fingerprint density at radius 3 is 2.94 bits per heavy atom. The molecule has 4 heteroatoms. The van der Waals surface area contributed by atoms with Crippen molar-refractivity contribution in [1.29, 1.82) is 0 Å². The van der Waals surface area contributed by atoms with E-state index in [1.54, 1.807) is 24.3 Å². The van der Waals surface area contributed by atoms with E-state index in [1.165, 1.54) is 0 Å². The highest BCUT2D eigenvalue weighted by Crippen LogP contribution is 2.37. The van der Waals surface area contributed by atoms with E-state index in [2.05, 4.69) is 5.32 Å². The average Bonchev–Trinajstić information content (AvgIpc) is 2.34. The maximum atomic E-state index is 12.7. The molecule has 0 amide bonds. The summed E-state index contributed by atoms with van der Waals surface area (Å²) >= 11 is 6.14. The summed E-state index contributed by atoms with van der Waals surface area (Å²) in [6.45, 7) is -2.58. The van der Waals surface area contributed by atoms with Gasteiger partial charge in [0.05, 0.1) is 0 Å². The summed E-state index contributed by atoms with van der Waals surface area (Å²) in [5.74, 6) is -0.773. The summed E-state index contributed by atoms with van der Waals surface area (Å²) in [6.07, 6.45) is -1.39. The number of halogens is 2.